The molecule has 0 saturated heterocycles. The number of benzene rings is 1. The minimum atomic E-state index is -0.345. The first kappa shape index (κ1) is 11.6. The summed E-state index contributed by atoms with van der Waals surface area (Å²) in [7, 11) is 3.15. The number of hydrogen-bond donors (Lipinski definition) is 0. The first-order valence-corrected chi connectivity index (χ1v) is 5.43. The molecule has 0 aliphatic heterocycles. The van der Waals surface area contributed by atoms with Gasteiger partial charge in [-0.3, -0.25) is 9.59 Å². The molecular weight excluding hydrogens is 220 g/mol. The van der Waals surface area contributed by atoms with Crippen molar-refractivity contribution in [3.63, 3.8) is 0 Å². The lowest BCUT2D eigenvalue weighted by atomic mass is 10.0. The van der Waals surface area contributed by atoms with Crippen molar-refractivity contribution in [1.29, 1.82) is 0 Å². The van der Waals surface area contributed by atoms with E-state index in [-0.39, 0.29) is 11.7 Å². The van der Waals surface area contributed by atoms with Gasteiger partial charge in [-0.05, 0) is 24.5 Å². The monoisotopic (exact) mass is 234 g/mol. The summed E-state index contributed by atoms with van der Waals surface area (Å²) in [5, 5.41) is 0. The fourth-order valence-corrected chi connectivity index (χ4v) is 2.33. The molecule has 2 rings (SSSR count). The molecule has 4 heteroatoms. The summed E-state index contributed by atoms with van der Waals surface area (Å²) in [6.07, 6.45) is 1.56. The van der Waals surface area contributed by atoms with Crippen LogP contribution < -0.4 is 9.47 Å². The van der Waals surface area contributed by atoms with Gasteiger partial charge in [0.25, 0.3) is 0 Å². The largest absolute Gasteiger partial charge is 0.493 e. The Morgan fingerprint density at radius 2 is 2.06 bits per heavy atom. The van der Waals surface area contributed by atoms with Crippen LogP contribution in [0.4, 0.5) is 0 Å². The lowest BCUT2D eigenvalue weighted by Crippen LogP contribution is -2.15. The van der Waals surface area contributed by atoms with Gasteiger partial charge in [-0.2, -0.15) is 0 Å². The summed E-state index contributed by atoms with van der Waals surface area (Å²) in [6.45, 7) is 0. The second-order valence-electron chi connectivity index (χ2n) is 4.06. The zero-order valence-electron chi connectivity index (χ0n) is 9.86. The molecule has 0 bridgehead atoms. The van der Waals surface area contributed by atoms with Crippen molar-refractivity contribution in [2.75, 3.05) is 14.2 Å². The molecule has 4 nitrogen and oxygen atoms in total. The molecule has 1 aliphatic rings. The van der Waals surface area contributed by atoms with E-state index in [0.717, 1.165) is 11.1 Å². The number of hydrogen-bond acceptors (Lipinski definition) is 4. The molecule has 90 valence electrons. The number of aldehydes is 1. The van der Waals surface area contributed by atoms with E-state index in [4.69, 9.17) is 9.47 Å². The zero-order chi connectivity index (χ0) is 12.4. The maximum atomic E-state index is 11.4. The molecule has 0 radical (unpaired) electrons. The van der Waals surface area contributed by atoms with Gasteiger partial charge in [0.2, 0.25) is 0 Å². The van der Waals surface area contributed by atoms with Gasteiger partial charge in [0.1, 0.15) is 0 Å². The maximum absolute atomic E-state index is 11.4. The highest BCUT2D eigenvalue weighted by molar-refractivity contribution is 6.26. The van der Waals surface area contributed by atoms with E-state index >= 15 is 0 Å². The normalized spacial score (nSPS) is 17.4. The van der Waals surface area contributed by atoms with Crippen molar-refractivity contribution in [2.24, 2.45) is 5.92 Å². The van der Waals surface area contributed by atoms with E-state index in [1.165, 1.54) is 0 Å². The van der Waals surface area contributed by atoms with Crippen LogP contribution in [0.3, 0.4) is 0 Å². The third kappa shape index (κ3) is 1.90. The van der Waals surface area contributed by atoms with Crippen molar-refractivity contribution in [2.45, 2.75) is 12.8 Å². The van der Waals surface area contributed by atoms with Crippen molar-refractivity contribution < 1.29 is 19.1 Å². The van der Waals surface area contributed by atoms with Crippen LogP contribution in [0.15, 0.2) is 12.1 Å². The highest BCUT2D eigenvalue weighted by atomic mass is 16.5. The fourth-order valence-electron chi connectivity index (χ4n) is 2.33. The Morgan fingerprint density at radius 3 is 2.65 bits per heavy atom. The molecule has 1 aliphatic carbocycles. The van der Waals surface area contributed by atoms with Gasteiger partial charge in [0.15, 0.2) is 23.6 Å². The van der Waals surface area contributed by atoms with Crippen LogP contribution in [0.5, 0.6) is 11.5 Å². The van der Waals surface area contributed by atoms with Crippen molar-refractivity contribution in [1.82, 2.24) is 0 Å². The summed E-state index contributed by atoms with van der Waals surface area (Å²) in [5.74, 6) is 0.738. The third-order valence-corrected chi connectivity index (χ3v) is 3.18. The van der Waals surface area contributed by atoms with Crippen molar-refractivity contribution >= 4 is 12.1 Å². The molecule has 0 fully saturated rings. The zero-order valence-corrected chi connectivity index (χ0v) is 9.86. The van der Waals surface area contributed by atoms with E-state index in [2.05, 4.69) is 0 Å². The van der Waals surface area contributed by atoms with Gasteiger partial charge in [0, 0.05) is 11.5 Å². The fraction of sp³-hybridized carbons (Fsp3) is 0.385. The number of ketones is 1. The quantitative estimate of drug-likeness (QED) is 0.580. The highest BCUT2D eigenvalue weighted by Gasteiger charge is 2.30. The molecule has 1 unspecified atom stereocenters. The predicted octanol–water partition coefficient (Wildman–Crippen LogP) is 1.19. The minimum absolute atomic E-state index is 0.247. The summed E-state index contributed by atoms with van der Waals surface area (Å²) in [6, 6.07) is 3.75. The standard InChI is InChI=1S/C13H14O4/c1-16-12-4-3-8-5-9(11(15)7-14)6-10(8)13(12)17-2/h3-4,7,9H,5-6H2,1-2H3. The number of Topliss-reactive ketones (excluding diaryl/α,β-unsaturated/α-hetero) is 1. The van der Waals surface area contributed by atoms with E-state index in [9.17, 15) is 9.59 Å². The Balaban J connectivity index is 2.38. The number of ether oxygens (including phenoxy) is 2. The summed E-state index contributed by atoms with van der Waals surface area (Å²) < 4.78 is 10.5. The minimum Gasteiger partial charge on any atom is -0.493 e. The van der Waals surface area contributed by atoms with Crippen LogP contribution in [-0.4, -0.2) is 26.3 Å². The lowest BCUT2D eigenvalue weighted by molar-refractivity contribution is -0.132. The van der Waals surface area contributed by atoms with Crippen LogP contribution in [0.2, 0.25) is 0 Å². The second-order valence-corrected chi connectivity index (χ2v) is 4.06. The number of rotatable bonds is 4. The van der Waals surface area contributed by atoms with Gasteiger partial charge >= 0.3 is 0 Å². The van der Waals surface area contributed by atoms with Crippen LogP contribution >= 0.6 is 0 Å². The highest BCUT2D eigenvalue weighted by Crippen LogP contribution is 2.40. The average Bonchev–Trinajstić information content (AvgIpc) is 2.80. The van der Waals surface area contributed by atoms with Crippen molar-refractivity contribution in [3.8, 4) is 11.5 Å². The molecule has 1 atom stereocenters. The Kier molecular flexibility index (Phi) is 3.13. The third-order valence-electron chi connectivity index (χ3n) is 3.18. The van der Waals surface area contributed by atoms with E-state index in [1.807, 2.05) is 12.1 Å². The molecule has 0 spiro atoms. The van der Waals surface area contributed by atoms with Crippen LogP contribution in [0.25, 0.3) is 0 Å². The second kappa shape index (κ2) is 4.57. The van der Waals surface area contributed by atoms with Gasteiger partial charge < -0.3 is 9.47 Å². The Hall–Kier alpha value is -1.84. The maximum Gasteiger partial charge on any atom is 0.198 e. The SMILES string of the molecule is COc1ccc2c(c1OC)CC(C(=O)C=O)C2. The number of carbonyl (C=O) groups is 2. The number of carbonyl (C=O) groups excluding carboxylic acids is 2. The topological polar surface area (TPSA) is 52.6 Å². The summed E-state index contributed by atoms with van der Waals surface area (Å²) in [5.41, 5.74) is 2.04. The van der Waals surface area contributed by atoms with Gasteiger partial charge in [-0.1, -0.05) is 6.07 Å². The van der Waals surface area contributed by atoms with E-state index in [0.29, 0.717) is 30.6 Å². The molecule has 0 amide bonds. The molecule has 17 heavy (non-hydrogen) atoms. The van der Waals surface area contributed by atoms with Gasteiger partial charge in [-0.15, -0.1) is 0 Å². The van der Waals surface area contributed by atoms with Crippen molar-refractivity contribution in [3.05, 3.63) is 23.3 Å². The lowest BCUT2D eigenvalue weighted by Gasteiger charge is -2.11. The predicted molar refractivity (Wildman–Crippen MR) is 61.5 cm³/mol. The average molecular weight is 234 g/mol. The molecule has 0 heterocycles. The first-order chi connectivity index (χ1) is 8.21. The van der Waals surface area contributed by atoms with Crippen LogP contribution in [0.1, 0.15) is 11.1 Å². The number of fused-ring (bicyclic) bond motifs is 1. The van der Waals surface area contributed by atoms with E-state index < -0.39 is 0 Å². The molecular formula is C13H14O4. The van der Waals surface area contributed by atoms with Crippen LogP contribution in [0, 0.1) is 5.92 Å². The molecule has 0 saturated carbocycles. The smallest absolute Gasteiger partial charge is 0.198 e. The van der Waals surface area contributed by atoms with E-state index in [1.54, 1.807) is 14.2 Å². The Morgan fingerprint density at radius 1 is 1.29 bits per heavy atom. The Labute approximate surface area is 99.5 Å². The summed E-state index contributed by atoms with van der Waals surface area (Å²) in [4.78, 5) is 21.9. The Bertz CT molecular complexity index is 465. The molecule has 0 N–H and O–H groups in total. The number of methoxy groups -OCH3 is 2. The summed E-state index contributed by atoms with van der Waals surface area (Å²) >= 11 is 0. The van der Waals surface area contributed by atoms with Gasteiger partial charge in [0.05, 0.1) is 14.2 Å². The molecule has 0 aromatic heterocycles. The first-order valence-electron chi connectivity index (χ1n) is 5.43. The molecule has 1 aromatic carbocycles. The van der Waals surface area contributed by atoms with Crippen LogP contribution in [-0.2, 0) is 22.4 Å². The molecule has 1 aromatic rings. The van der Waals surface area contributed by atoms with Gasteiger partial charge in [-0.25, -0.2) is 0 Å².